The fourth-order valence-electron chi connectivity index (χ4n) is 4.54. The van der Waals surface area contributed by atoms with Gasteiger partial charge >= 0.3 is 0 Å². The molecular weight excluding hydrogens is 601 g/mol. The van der Waals surface area contributed by atoms with Crippen molar-refractivity contribution in [2.75, 3.05) is 18.6 Å². The van der Waals surface area contributed by atoms with E-state index in [1.54, 1.807) is 24.3 Å². The Kier molecular flexibility index (Phi) is 6.89. The molecule has 2 unspecified atom stereocenters. The zero-order chi connectivity index (χ0) is 26.8. The third-order valence-corrected chi connectivity index (χ3v) is 10.3. The molecule has 0 radical (unpaired) electrons. The van der Waals surface area contributed by atoms with E-state index in [2.05, 4.69) is 4.72 Å². The first kappa shape index (κ1) is 26.9. The molecule has 2 aliphatic rings. The first-order chi connectivity index (χ1) is 17.3. The Bertz CT molecular complexity index is 1700. The lowest BCUT2D eigenvalue weighted by Crippen LogP contribution is -2.39. The van der Waals surface area contributed by atoms with E-state index in [4.69, 9.17) is 23.2 Å². The number of thioether (sulfide) groups is 1. The van der Waals surface area contributed by atoms with Gasteiger partial charge in [0.2, 0.25) is 21.6 Å². The number of aromatic nitrogens is 1. The van der Waals surface area contributed by atoms with Crippen molar-refractivity contribution in [2.24, 2.45) is 0 Å². The maximum atomic E-state index is 12.9. The average molecular weight is 623 g/mol. The Labute approximate surface area is 232 Å². The molecule has 0 saturated carbocycles. The van der Waals surface area contributed by atoms with Crippen molar-refractivity contribution in [1.82, 2.24) is 9.21 Å². The van der Waals surface area contributed by atoms with Crippen LogP contribution in [0.1, 0.15) is 11.4 Å². The minimum absolute atomic E-state index is 0.141. The number of sulfonamides is 1. The molecule has 1 aromatic heterocycles. The normalized spacial score (nSPS) is 22.1. The van der Waals surface area contributed by atoms with Gasteiger partial charge in [0.1, 0.15) is 4.70 Å². The van der Waals surface area contributed by atoms with E-state index < -0.39 is 32.1 Å². The van der Waals surface area contributed by atoms with E-state index in [1.807, 2.05) is 22.8 Å². The summed E-state index contributed by atoms with van der Waals surface area (Å²) < 4.78 is 60.4. The van der Waals surface area contributed by atoms with Crippen molar-refractivity contribution < 1.29 is 30.7 Å². The number of benzene rings is 2. The van der Waals surface area contributed by atoms with Crippen LogP contribution in [0.4, 0.5) is 5.69 Å². The van der Waals surface area contributed by atoms with Crippen LogP contribution in [0.2, 0.25) is 10.0 Å². The Balaban J connectivity index is 1.60. The van der Waals surface area contributed by atoms with Crippen molar-refractivity contribution in [2.45, 2.75) is 23.9 Å². The second kappa shape index (κ2) is 9.49. The smallest absolute Gasteiger partial charge is 0.286 e. The molecule has 1 fully saturated rings. The highest BCUT2D eigenvalue weighted by molar-refractivity contribution is 8.03. The van der Waals surface area contributed by atoms with Gasteiger partial charge in [-0.05, 0) is 36.0 Å². The Morgan fingerprint density at radius 1 is 1.19 bits per heavy atom. The molecule has 1 saturated heterocycles. The number of rotatable bonds is 7. The zero-order valence-electron chi connectivity index (χ0n) is 19.2. The van der Waals surface area contributed by atoms with Gasteiger partial charge in [0.05, 0.1) is 23.0 Å². The van der Waals surface area contributed by atoms with Crippen LogP contribution in [0.25, 0.3) is 16.3 Å². The molecule has 2 aromatic carbocycles. The topological polar surface area (TPSA) is 121 Å². The van der Waals surface area contributed by atoms with Crippen LogP contribution in [0.15, 0.2) is 46.3 Å². The summed E-state index contributed by atoms with van der Waals surface area (Å²) in [6, 6.07) is 10.2. The van der Waals surface area contributed by atoms with Crippen LogP contribution in [0.3, 0.4) is 0 Å². The van der Waals surface area contributed by atoms with Crippen molar-refractivity contribution >= 4 is 94.3 Å². The van der Waals surface area contributed by atoms with Crippen LogP contribution in [-0.4, -0.2) is 51.9 Å². The molecule has 5 rings (SSSR count). The van der Waals surface area contributed by atoms with Crippen molar-refractivity contribution in [3.05, 3.63) is 56.5 Å². The first-order valence-electron chi connectivity index (χ1n) is 10.9. The predicted molar refractivity (Wildman–Crippen MR) is 147 cm³/mol. The Hall–Kier alpha value is -1.71. The summed E-state index contributed by atoms with van der Waals surface area (Å²) in [5.74, 6) is -0.980. The third kappa shape index (κ3) is 5.41. The summed E-state index contributed by atoms with van der Waals surface area (Å²) in [6.45, 7) is 0.674. The van der Waals surface area contributed by atoms with E-state index in [0.717, 1.165) is 37.1 Å². The minimum atomic E-state index is -4.12. The lowest BCUT2D eigenvalue weighted by molar-refractivity contribution is -0.668. The quantitative estimate of drug-likeness (QED) is 0.179. The number of aryl methyl sites for hydroxylation is 1. The summed E-state index contributed by atoms with van der Waals surface area (Å²) in [5.41, 5.74) is 1.63. The SMILES string of the molecule is CS(=O)(=O)NC(=O)C1C[N+]12C(=Cc1sc3ccc(Cl)cc3[n+]1CCCS(=O)(=O)O)Sc1ccc(Cl)cc12. The first-order valence-corrected chi connectivity index (χ1v) is 16.8. The van der Waals surface area contributed by atoms with Gasteiger partial charge in [-0.25, -0.2) is 17.6 Å². The number of halogens is 2. The highest BCUT2D eigenvalue weighted by atomic mass is 35.5. The fraction of sp³-hybridized carbons (Fsp3) is 0.273. The molecule has 1 spiro atoms. The lowest BCUT2D eigenvalue weighted by Gasteiger charge is -2.14. The summed E-state index contributed by atoms with van der Waals surface area (Å²) in [4.78, 5) is 13.8. The molecule has 2 atom stereocenters. The third-order valence-electron chi connectivity index (χ3n) is 6.13. The van der Waals surface area contributed by atoms with Crippen LogP contribution >= 0.6 is 46.3 Å². The van der Waals surface area contributed by atoms with E-state index in [-0.39, 0.29) is 16.7 Å². The highest BCUT2D eigenvalue weighted by Crippen LogP contribution is 2.60. The molecule has 196 valence electrons. The summed E-state index contributed by atoms with van der Waals surface area (Å²) in [5, 5.41) is 2.63. The number of thiazole rings is 1. The van der Waals surface area contributed by atoms with E-state index >= 15 is 0 Å². The molecule has 2 N–H and O–H groups in total. The maximum Gasteiger partial charge on any atom is 0.298 e. The van der Waals surface area contributed by atoms with Gasteiger partial charge in [-0.2, -0.15) is 13.0 Å². The monoisotopic (exact) mass is 621 g/mol. The van der Waals surface area contributed by atoms with Crippen LogP contribution in [-0.2, 0) is 31.5 Å². The molecule has 3 aromatic rings. The predicted octanol–water partition coefficient (Wildman–Crippen LogP) is 3.64. The molecule has 9 nitrogen and oxygen atoms in total. The Morgan fingerprint density at radius 2 is 1.89 bits per heavy atom. The number of hydrogen-bond donors (Lipinski definition) is 2. The largest absolute Gasteiger partial charge is 0.298 e. The molecule has 3 heterocycles. The van der Waals surface area contributed by atoms with Crippen LogP contribution in [0, 0.1) is 0 Å². The summed E-state index contributed by atoms with van der Waals surface area (Å²) in [7, 11) is -7.85. The molecule has 2 aliphatic heterocycles. The minimum Gasteiger partial charge on any atom is -0.286 e. The zero-order valence-corrected chi connectivity index (χ0v) is 24.0. The van der Waals surface area contributed by atoms with Gasteiger partial charge in [0.15, 0.2) is 23.8 Å². The molecule has 15 heteroatoms. The van der Waals surface area contributed by atoms with Gasteiger partial charge in [-0.1, -0.05) is 34.5 Å². The van der Waals surface area contributed by atoms with Gasteiger partial charge in [-0.3, -0.25) is 9.35 Å². The van der Waals surface area contributed by atoms with Gasteiger partial charge in [0, 0.05) is 28.6 Å². The lowest BCUT2D eigenvalue weighted by atomic mass is 10.3. The second-order valence-electron chi connectivity index (χ2n) is 8.85. The van der Waals surface area contributed by atoms with Gasteiger partial charge in [-0.15, -0.1) is 0 Å². The number of nitrogens with zero attached hydrogens (tertiary/aromatic N) is 2. The number of carbonyl (C=O) groups is 1. The van der Waals surface area contributed by atoms with Crippen molar-refractivity contribution in [3.63, 3.8) is 0 Å². The fourth-order valence-corrected chi connectivity index (χ4v) is 8.37. The van der Waals surface area contributed by atoms with Crippen molar-refractivity contribution in [3.8, 4) is 0 Å². The highest BCUT2D eigenvalue weighted by Gasteiger charge is 2.68. The standard InChI is InChI=1S/C22H19Cl2N3O6S4/c1-36(29,30)25-22(28)17-12-27(17)16-10-14(24)4-6-19(16)35-21(27)11-20-26(7-2-8-37(31,32)33)15-9-13(23)3-5-18(15)34-20/h3-6,9-11,17H,2,7-8,12H2,1H3/p+2. The van der Waals surface area contributed by atoms with E-state index in [9.17, 15) is 26.2 Å². The summed E-state index contributed by atoms with van der Waals surface area (Å²) in [6.07, 6.45) is 3.06. The number of nitrogens with one attached hydrogen (secondary N) is 1. The van der Waals surface area contributed by atoms with Gasteiger partial charge < -0.3 is 0 Å². The molecule has 37 heavy (non-hydrogen) atoms. The van der Waals surface area contributed by atoms with Crippen LogP contribution < -0.4 is 13.8 Å². The molecular formula is C22H21Cl2N3O6S4+2. The molecule has 0 aliphatic carbocycles. The second-order valence-corrected chi connectivity index (χ2v) is 15.2. The number of amides is 1. The van der Waals surface area contributed by atoms with Gasteiger partial charge in [0.25, 0.3) is 21.0 Å². The number of quaternary nitrogens is 1. The number of hydrogen-bond acceptors (Lipinski definition) is 7. The van der Waals surface area contributed by atoms with Crippen LogP contribution in [0.5, 0.6) is 0 Å². The van der Waals surface area contributed by atoms with Crippen molar-refractivity contribution in [1.29, 1.82) is 0 Å². The maximum absolute atomic E-state index is 12.9. The molecule has 1 amide bonds. The summed E-state index contributed by atoms with van der Waals surface area (Å²) >= 11 is 15.5. The molecule has 0 bridgehead atoms. The van der Waals surface area contributed by atoms with E-state index in [0.29, 0.717) is 23.1 Å². The average Bonchev–Trinajstić information content (AvgIpc) is 3.35. The Morgan fingerprint density at radius 3 is 2.59 bits per heavy atom. The number of carbonyl (C=O) groups excluding carboxylic acids is 1. The number of fused-ring (bicyclic) bond motifs is 3. The van der Waals surface area contributed by atoms with E-state index in [1.165, 1.54) is 23.1 Å².